The van der Waals surface area contributed by atoms with Crippen molar-refractivity contribution in [3.8, 4) is 10.6 Å². The number of carbonyl (C=O) groups excluding carboxylic acids is 1. The highest BCUT2D eigenvalue weighted by Gasteiger charge is 2.26. The number of halogens is 1. The average Bonchev–Trinajstić information content (AvgIpc) is 3.03. The minimum absolute atomic E-state index is 0.112. The zero-order valence-corrected chi connectivity index (χ0v) is 17.5. The molecule has 0 fully saturated rings. The van der Waals surface area contributed by atoms with Crippen molar-refractivity contribution < 1.29 is 22.0 Å². The Hall–Kier alpha value is -2.11. The summed E-state index contributed by atoms with van der Waals surface area (Å²) in [5.74, 6) is -0.873. The van der Waals surface area contributed by atoms with Crippen molar-refractivity contribution in [1.29, 1.82) is 0 Å². The van der Waals surface area contributed by atoms with Crippen molar-refractivity contribution in [3.05, 3.63) is 64.1 Å². The van der Waals surface area contributed by atoms with Crippen LogP contribution in [-0.4, -0.2) is 28.1 Å². The maximum absolute atomic E-state index is 12.6. The van der Waals surface area contributed by atoms with Crippen molar-refractivity contribution in [3.63, 3.8) is 0 Å². The molecular weight excluding hydrogens is 444 g/mol. The van der Waals surface area contributed by atoms with Crippen LogP contribution in [0.3, 0.4) is 0 Å². The lowest BCUT2D eigenvalue weighted by molar-refractivity contribution is 0.0984. The third-order valence-corrected chi connectivity index (χ3v) is 7.32. The Bertz CT molecular complexity index is 1190. The van der Waals surface area contributed by atoms with E-state index in [2.05, 4.69) is 4.98 Å². The number of carbonyl (C=O) groups is 1. The van der Waals surface area contributed by atoms with Crippen LogP contribution in [0.5, 0.6) is 0 Å². The summed E-state index contributed by atoms with van der Waals surface area (Å²) in [4.78, 5) is 16.2. The highest BCUT2D eigenvalue weighted by atomic mass is 35.5. The van der Waals surface area contributed by atoms with Gasteiger partial charge in [0.05, 0.1) is 10.6 Å². The van der Waals surface area contributed by atoms with Crippen LogP contribution in [0.15, 0.2) is 58.3 Å². The number of hydrogen-bond acceptors (Lipinski definition) is 6. The average molecular weight is 457 g/mol. The van der Waals surface area contributed by atoms with Gasteiger partial charge in [-0.15, -0.1) is 11.3 Å². The molecule has 0 saturated carbocycles. The molecule has 0 bridgehead atoms. The molecule has 0 aliphatic carbocycles. The Kier molecular flexibility index (Phi) is 5.96. The molecule has 3 rings (SSSR count). The predicted octanol–water partition coefficient (Wildman–Crippen LogP) is 3.47. The second-order valence-corrected chi connectivity index (χ2v) is 9.60. The van der Waals surface area contributed by atoms with E-state index < -0.39 is 31.9 Å². The quantitative estimate of drug-likeness (QED) is 0.568. The van der Waals surface area contributed by atoms with E-state index >= 15 is 0 Å². The summed E-state index contributed by atoms with van der Waals surface area (Å²) in [6.45, 7) is 1.59. The Labute approximate surface area is 172 Å². The molecule has 0 radical (unpaired) electrons. The molecule has 0 aliphatic heterocycles. The van der Waals surface area contributed by atoms with Crippen molar-refractivity contribution >= 4 is 49.9 Å². The summed E-state index contributed by atoms with van der Waals surface area (Å²) in [7, 11) is -4.36. The number of nitrogens with one attached hydrogen (secondary N) is 1. The highest BCUT2D eigenvalue weighted by molar-refractivity contribution is 7.91. The third kappa shape index (κ3) is 4.31. The SMILES string of the molecule is Cc1nc(-c2cccc(Cl)c2)sc1C(=O)NS(=O)(=O)c1ccccc1S(=O)O. The zero-order valence-electron chi connectivity index (χ0n) is 14.2. The van der Waals surface area contributed by atoms with Gasteiger partial charge in [-0.3, -0.25) is 4.79 Å². The van der Waals surface area contributed by atoms with E-state index in [1.165, 1.54) is 18.2 Å². The summed E-state index contributed by atoms with van der Waals surface area (Å²) in [6.07, 6.45) is 0. The molecule has 0 saturated heterocycles. The molecule has 3 aromatic rings. The maximum Gasteiger partial charge on any atom is 0.277 e. The van der Waals surface area contributed by atoms with Gasteiger partial charge in [-0.05, 0) is 31.2 Å². The highest BCUT2D eigenvalue weighted by Crippen LogP contribution is 2.30. The molecule has 7 nitrogen and oxygen atoms in total. The zero-order chi connectivity index (χ0) is 20.5. The second-order valence-electron chi connectivity index (χ2n) is 5.57. The van der Waals surface area contributed by atoms with Gasteiger partial charge in [0.25, 0.3) is 15.9 Å². The van der Waals surface area contributed by atoms with Crippen LogP contribution in [0.1, 0.15) is 15.4 Å². The first kappa shape index (κ1) is 20.6. The molecule has 1 atom stereocenters. The van der Waals surface area contributed by atoms with Gasteiger partial charge in [-0.2, -0.15) is 0 Å². The molecular formula is C17H13ClN2O5S3. The minimum atomic E-state index is -4.36. The fraction of sp³-hybridized carbons (Fsp3) is 0.0588. The Morgan fingerprint density at radius 2 is 1.93 bits per heavy atom. The lowest BCUT2D eigenvalue weighted by atomic mass is 10.2. The van der Waals surface area contributed by atoms with Gasteiger partial charge in [0.2, 0.25) is 0 Å². The van der Waals surface area contributed by atoms with Crippen LogP contribution in [0.2, 0.25) is 5.02 Å². The maximum atomic E-state index is 12.6. The van der Waals surface area contributed by atoms with Gasteiger partial charge in [0, 0.05) is 10.6 Å². The van der Waals surface area contributed by atoms with Crippen LogP contribution in [-0.2, 0) is 21.1 Å². The molecule has 1 heterocycles. The van der Waals surface area contributed by atoms with Gasteiger partial charge in [-0.1, -0.05) is 35.9 Å². The number of benzene rings is 2. The van der Waals surface area contributed by atoms with E-state index in [-0.39, 0.29) is 9.77 Å². The number of sulfonamides is 1. The van der Waals surface area contributed by atoms with Gasteiger partial charge >= 0.3 is 0 Å². The Balaban J connectivity index is 1.93. The van der Waals surface area contributed by atoms with Crippen molar-refractivity contribution in [2.75, 3.05) is 0 Å². The van der Waals surface area contributed by atoms with Crippen molar-refractivity contribution in [2.45, 2.75) is 16.7 Å². The predicted molar refractivity (Wildman–Crippen MR) is 107 cm³/mol. The van der Waals surface area contributed by atoms with Gasteiger partial charge in [0.15, 0.2) is 11.1 Å². The molecule has 0 spiro atoms. The first-order valence-electron chi connectivity index (χ1n) is 7.69. The van der Waals surface area contributed by atoms with Gasteiger partial charge in [0.1, 0.15) is 14.8 Å². The molecule has 28 heavy (non-hydrogen) atoms. The first-order valence-corrected chi connectivity index (χ1v) is 11.5. The summed E-state index contributed by atoms with van der Waals surface area (Å²) in [5, 5.41) is 1.02. The van der Waals surface area contributed by atoms with Crippen LogP contribution < -0.4 is 4.72 Å². The van der Waals surface area contributed by atoms with E-state index in [1.54, 1.807) is 31.2 Å². The summed E-state index contributed by atoms with van der Waals surface area (Å²) < 4.78 is 47.7. The van der Waals surface area contributed by atoms with E-state index in [0.29, 0.717) is 21.3 Å². The summed E-state index contributed by atoms with van der Waals surface area (Å²) >= 11 is 4.47. The van der Waals surface area contributed by atoms with Crippen LogP contribution in [0, 0.1) is 6.92 Å². The normalized spacial score (nSPS) is 12.5. The summed E-state index contributed by atoms with van der Waals surface area (Å²) in [6, 6.07) is 12.1. The number of nitrogens with zero attached hydrogens (tertiary/aromatic N) is 1. The largest absolute Gasteiger partial charge is 0.302 e. The molecule has 2 N–H and O–H groups in total. The van der Waals surface area contributed by atoms with E-state index in [9.17, 15) is 22.0 Å². The molecule has 1 amide bonds. The Morgan fingerprint density at radius 1 is 1.21 bits per heavy atom. The smallest absolute Gasteiger partial charge is 0.277 e. The molecule has 0 aliphatic rings. The van der Waals surface area contributed by atoms with Crippen molar-refractivity contribution in [2.24, 2.45) is 0 Å². The van der Waals surface area contributed by atoms with Crippen molar-refractivity contribution in [1.82, 2.24) is 9.71 Å². The van der Waals surface area contributed by atoms with E-state index in [0.717, 1.165) is 17.4 Å². The fourth-order valence-electron chi connectivity index (χ4n) is 2.39. The monoisotopic (exact) mass is 456 g/mol. The van der Waals surface area contributed by atoms with E-state index in [1.807, 2.05) is 4.72 Å². The van der Waals surface area contributed by atoms with Gasteiger partial charge in [-0.25, -0.2) is 22.3 Å². The standard InChI is InChI=1S/C17H13ClN2O5S3/c1-10-15(26-17(19-10)11-5-4-6-12(18)9-11)16(21)20-28(24,25)14-8-3-2-7-13(14)27(22)23/h2-9H,1H3,(H,20,21)(H,22,23). The van der Waals surface area contributed by atoms with Crippen LogP contribution in [0.4, 0.5) is 0 Å². The first-order chi connectivity index (χ1) is 13.2. The van der Waals surface area contributed by atoms with Crippen LogP contribution >= 0.6 is 22.9 Å². The fourth-order valence-corrected chi connectivity index (χ4v) is 5.63. The number of aryl methyl sites for hydroxylation is 1. The number of thiazole rings is 1. The Morgan fingerprint density at radius 3 is 2.61 bits per heavy atom. The number of hydrogen-bond donors (Lipinski definition) is 2. The topological polar surface area (TPSA) is 113 Å². The lowest BCUT2D eigenvalue weighted by Gasteiger charge is -2.08. The van der Waals surface area contributed by atoms with E-state index in [4.69, 9.17) is 11.6 Å². The molecule has 1 aromatic heterocycles. The van der Waals surface area contributed by atoms with Crippen LogP contribution in [0.25, 0.3) is 10.6 Å². The minimum Gasteiger partial charge on any atom is -0.302 e. The number of amides is 1. The third-order valence-electron chi connectivity index (χ3n) is 3.63. The number of aromatic nitrogens is 1. The molecule has 2 aromatic carbocycles. The second kappa shape index (κ2) is 8.10. The molecule has 11 heteroatoms. The lowest BCUT2D eigenvalue weighted by Crippen LogP contribution is -2.31. The molecule has 146 valence electrons. The van der Waals surface area contributed by atoms with Gasteiger partial charge < -0.3 is 4.55 Å². The number of rotatable bonds is 5. The summed E-state index contributed by atoms with van der Waals surface area (Å²) in [5.41, 5.74) is 1.05. The molecule has 1 unspecified atom stereocenters.